The lowest BCUT2D eigenvalue weighted by molar-refractivity contribution is 0.0696. The first-order chi connectivity index (χ1) is 9.69. The maximum atomic E-state index is 10.9. The number of hydrogen-bond donors (Lipinski definition) is 1. The van der Waals surface area contributed by atoms with Gasteiger partial charge in [-0.2, -0.15) is 0 Å². The van der Waals surface area contributed by atoms with Crippen molar-refractivity contribution in [3.8, 4) is 5.75 Å². The van der Waals surface area contributed by atoms with Gasteiger partial charge >= 0.3 is 5.97 Å². The number of rotatable bonds is 6. The number of carboxylic acid groups (broad SMARTS) is 1. The van der Waals surface area contributed by atoms with Crippen molar-refractivity contribution in [3.63, 3.8) is 0 Å². The number of aryl methyl sites for hydroxylation is 1. The van der Waals surface area contributed by atoms with Crippen molar-refractivity contribution >= 4 is 17.7 Å². The molecule has 1 N–H and O–H groups in total. The van der Waals surface area contributed by atoms with E-state index in [0.29, 0.717) is 5.56 Å². The lowest BCUT2D eigenvalue weighted by atomic mass is 10.2. The second-order valence-corrected chi connectivity index (χ2v) is 5.45. The van der Waals surface area contributed by atoms with Crippen molar-refractivity contribution < 1.29 is 14.6 Å². The van der Waals surface area contributed by atoms with E-state index in [1.165, 1.54) is 5.56 Å². The Bertz CT molecular complexity index is 579. The Hall–Kier alpha value is -1.94. The summed E-state index contributed by atoms with van der Waals surface area (Å²) in [5.74, 6) is 0.883. The summed E-state index contributed by atoms with van der Waals surface area (Å²) in [6.45, 7) is 0. The third-order valence-electron chi connectivity index (χ3n) is 2.90. The van der Waals surface area contributed by atoms with Crippen LogP contribution in [0.25, 0.3) is 0 Å². The van der Waals surface area contributed by atoms with E-state index in [2.05, 4.69) is 0 Å². The van der Waals surface area contributed by atoms with Crippen LogP contribution in [-0.4, -0.2) is 23.9 Å². The molecular weight excluding hydrogens is 272 g/mol. The maximum absolute atomic E-state index is 10.9. The average molecular weight is 288 g/mol. The number of aromatic carboxylic acids is 1. The average Bonchev–Trinajstić information content (AvgIpc) is 2.48. The zero-order chi connectivity index (χ0) is 14.4. The van der Waals surface area contributed by atoms with Gasteiger partial charge in [-0.05, 0) is 42.3 Å². The zero-order valence-corrected chi connectivity index (χ0v) is 12.0. The number of carbonyl (C=O) groups is 1. The molecule has 2 aromatic carbocycles. The van der Waals surface area contributed by atoms with Gasteiger partial charge in [0.05, 0.1) is 12.7 Å². The van der Waals surface area contributed by atoms with Gasteiger partial charge in [0.1, 0.15) is 5.75 Å². The Morgan fingerprint density at radius 2 is 1.95 bits per heavy atom. The predicted molar refractivity (Wildman–Crippen MR) is 80.8 cm³/mol. The van der Waals surface area contributed by atoms with Crippen molar-refractivity contribution in [2.75, 3.05) is 12.9 Å². The van der Waals surface area contributed by atoms with Gasteiger partial charge in [0, 0.05) is 10.6 Å². The van der Waals surface area contributed by atoms with Gasteiger partial charge in [0.2, 0.25) is 0 Å². The maximum Gasteiger partial charge on any atom is 0.335 e. The molecule has 0 heterocycles. The van der Waals surface area contributed by atoms with Gasteiger partial charge in [0.25, 0.3) is 0 Å². The first-order valence-electron chi connectivity index (χ1n) is 6.28. The molecule has 0 saturated heterocycles. The first-order valence-corrected chi connectivity index (χ1v) is 7.26. The van der Waals surface area contributed by atoms with Crippen molar-refractivity contribution in [3.05, 3.63) is 59.7 Å². The minimum absolute atomic E-state index is 0.333. The van der Waals surface area contributed by atoms with Crippen LogP contribution in [0, 0.1) is 0 Å². The number of ether oxygens (including phenoxy) is 1. The third kappa shape index (κ3) is 4.03. The number of methoxy groups -OCH3 is 1. The van der Waals surface area contributed by atoms with Gasteiger partial charge in [-0.3, -0.25) is 0 Å². The van der Waals surface area contributed by atoms with E-state index in [0.717, 1.165) is 22.8 Å². The van der Waals surface area contributed by atoms with Crippen LogP contribution in [0.2, 0.25) is 0 Å². The summed E-state index contributed by atoms with van der Waals surface area (Å²) in [7, 11) is 1.65. The molecule has 0 aliphatic carbocycles. The molecule has 2 rings (SSSR count). The van der Waals surface area contributed by atoms with Crippen LogP contribution in [0.1, 0.15) is 15.9 Å². The summed E-state index contributed by atoms with van der Waals surface area (Å²) in [5.41, 5.74) is 1.58. The summed E-state index contributed by atoms with van der Waals surface area (Å²) in [6.07, 6.45) is 0.936. The molecular formula is C16H16O3S. The third-order valence-corrected chi connectivity index (χ3v) is 3.90. The molecule has 104 valence electrons. The van der Waals surface area contributed by atoms with Crippen LogP contribution in [0.5, 0.6) is 5.75 Å². The van der Waals surface area contributed by atoms with E-state index >= 15 is 0 Å². The quantitative estimate of drug-likeness (QED) is 0.823. The Labute approximate surface area is 122 Å². The van der Waals surface area contributed by atoms with Gasteiger partial charge in [0.15, 0.2) is 0 Å². The highest BCUT2D eigenvalue weighted by molar-refractivity contribution is 7.99. The number of hydrogen-bond acceptors (Lipinski definition) is 3. The van der Waals surface area contributed by atoms with Crippen LogP contribution in [-0.2, 0) is 6.42 Å². The molecule has 0 aliphatic heterocycles. The molecule has 0 radical (unpaired) electrons. The molecule has 0 atom stereocenters. The minimum Gasteiger partial charge on any atom is -0.497 e. The standard InChI is InChI=1S/C16H16O3S/c1-19-14-7-5-12(6-8-14)9-10-20-15-4-2-3-13(11-15)16(17)18/h2-8,11H,9-10H2,1H3,(H,17,18). The number of thioether (sulfide) groups is 1. The van der Waals surface area contributed by atoms with Gasteiger partial charge in [-0.1, -0.05) is 18.2 Å². The van der Waals surface area contributed by atoms with Crippen LogP contribution in [0.3, 0.4) is 0 Å². The molecule has 0 unspecified atom stereocenters. The molecule has 3 nitrogen and oxygen atoms in total. The van der Waals surface area contributed by atoms with Crippen LogP contribution >= 0.6 is 11.8 Å². The molecule has 0 spiro atoms. The summed E-state index contributed by atoms with van der Waals surface area (Å²) in [5, 5.41) is 8.94. The number of benzene rings is 2. The lowest BCUT2D eigenvalue weighted by Crippen LogP contribution is -1.95. The van der Waals surface area contributed by atoms with Crippen molar-refractivity contribution in [1.29, 1.82) is 0 Å². The summed E-state index contributed by atoms with van der Waals surface area (Å²) in [6, 6.07) is 15.0. The van der Waals surface area contributed by atoms with Crippen molar-refractivity contribution in [1.82, 2.24) is 0 Å². The SMILES string of the molecule is COc1ccc(CCSc2cccc(C(=O)O)c2)cc1. The van der Waals surface area contributed by atoms with Crippen LogP contribution in [0.4, 0.5) is 0 Å². The van der Waals surface area contributed by atoms with E-state index < -0.39 is 5.97 Å². The fourth-order valence-corrected chi connectivity index (χ4v) is 2.76. The molecule has 0 amide bonds. The molecule has 20 heavy (non-hydrogen) atoms. The molecule has 4 heteroatoms. The van der Waals surface area contributed by atoms with E-state index in [9.17, 15) is 4.79 Å². The van der Waals surface area contributed by atoms with E-state index in [-0.39, 0.29) is 0 Å². The highest BCUT2D eigenvalue weighted by Gasteiger charge is 2.03. The second kappa shape index (κ2) is 7.01. The second-order valence-electron chi connectivity index (χ2n) is 4.28. The Morgan fingerprint density at radius 1 is 1.20 bits per heavy atom. The largest absolute Gasteiger partial charge is 0.497 e. The summed E-state index contributed by atoms with van der Waals surface area (Å²) >= 11 is 1.66. The van der Waals surface area contributed by atoms with Gasteiger partial charge in [-0.25, -0.2) is 4.79 Å². The predicted octanol–water partition coefficient (Wildman–Crippen LogP) is 3.73. The first kappa shape index (κ1) is 14.5. The fourth-order valence-electron chi connectivity index (χ4n) is 1.80. The van der Waals surface area contributed by atoms with Crippen LogP contribution in [0.15, 0.2) is 53.4 Å². The fraction of sp³-hybridized carbons (Fsp3) is 0.188. The van der Waals surface area contributed by atoms with Crippen molar-refractivity contribution in [2.45, 2.75) is 11.3 Å². The van der Waals surface area contributed by atoms with Gasteiger partial charge < -0.3 is 9.84 Å². The Balaban J connectivity index is 1.88. The van der Waals surface area contributed by atoms with Gasteiger partial charge in [-0.15, -0.1) is 11.8 Å². The minimum atomic E-state index is -0.886. The Morgan fingerprint density at radius 3 is 2.60 bits per heavy atom. The summed E-state index contributed by atoms with van der Waals surface area (Å²) < 4.78 is 5.12. The van der Waals surface area contributed by atoms with Crippen LogP contribution < -0.4 is 4.74 Å². The Kier molecular flexibility index (Phi) is 5.07. The molecule has 0 aliphatic rings. The van der Waals surface area contributed by atoms with E-state index in [4.69, 9.17) is 9.84 Å². The molecule has 0 bridgehead atoms. The normalized spacial score (nSPS) is 10.2. The molecule has 0 saturated carbocycles. The monoisotopic (exact) mass is 288 g/mol. The topological polar surface area (TPSA) is 46.5 Å². The number of carboxylic acids is 1. The highest BCUT2D eigenvalue weighted by atomic mass is 32.2. The van der Waals surface area contributed by atoms with E-state index in [1.807, 2.05) is 30.3 Å². The van der Waals surface area contributed by atoms with Crippen molar-refractivity contribution in [2.24, 2.45) is 0 Å². The molecule has 0 fully saturated rings. The summed E-state index contributed by atoms with van der Waals surface area (Å²) in [4.78, 5) is 11.9. The molecule has 2 aromatic rings. The zero-order valence-electron chi connectivity index (χ0n) is 11.2. The lowest BCUT2D eigenvalue weighted by Gasteiger charge is -2.04. The van der Waals surface area contributed by atoms with E-state index in [1.54, 1.807) is 37.1 Å². The smallest absolute Gasteiger partial charge is 0.335 e. The highest BCUT2D eigenvalue weighted by Crippen LogP contribution is 2.21. The molecule has 0 aromatic heterocycles.